The maximum atomic E-state index is 11.9. The first kappa shape index (κ1) is 15.3. The molecule has 6 heteroatoms. The van der Waals surface area contributed by atoms with E-state index in [-0.39, 0.29) is 11.6 Å². The summed E-state index contributed by atoms with van der Waals surface area (Å²) in [6.07, 6.45) is 2.12. The molecule has 104 valence electrons. The highest BCUT2D eigenvalue weighted by molar-refractivity contribution is 7.19. The molecule has 1 aromatic heterocycles. The predicted octanol–water partition coefficient (Wildman–Crippen LogP) is 2.19. The lowest BCUT2D eigenvalue weighted by atomic mass is 10.2. The summed E-state index contributed by atoms with van der Waals surface area (Å²) in [4.78, 5) is 14.3. The van der Waals surface area contributed by atoms with E-state index in [1.54, 1.807) is 0 Å². The lowest BCUT2D eigenvalue weighted by molar-refractivity contribution is 0.0960. The SMILES string of the molecule is CCCCN(C)c1sc(C(=O)NCC)c(N)c1C#N. The Kier molecular flexibility index (Phi) is 5.64. The van der Waals surface area contributed by atoms with Crippen LogP contribution in [0, 0.1) is 11.3 Å². The minimum atomic E-state index is -0.211. The third-order valence-electron chi connectivity index (χ3n) is 2.78. The molecule has 1 amide bonds. The molecule has 0 saturated carbocycles. The van der Waals surface area contributed by atoms with Crippen LogP contribution in [0.1, 0.15) is 41.9 Å². The standard InChI is InChI=1S/C13H20N4OS/c1-4-6-7-17(3)13-9(8-14)10(15)11(19-13)12(18)16-5-2/h4-7,15H2,1-3H3,(H,16,18). The molecule has 19 heavy (non-hydrogen) atoms. The van der Waals surface area contributed by atoms with Gasteiger partial charge in [0.15, 0.2) is 0 Å². The number of hydrogen-bond acceptors (Lipinski definition) is 5. The molecule has 5 nitrogen and oxygen atoms in total. The van der Waals surface area contributed by atoms with Crippen LogP contribution in [0.3, 0.4) is 0 Å². The van der Waals surface area contributed by atoms with Gasteiger partial charge < -0.3 is 16.0 Å². The number of nitrogens with two attached hydrogens (primary N) is 1. The predicted molar refractivity (Wildman–Crippen MR) is 79.6 cm³/mol. The average Bonchev–Trinajstić information content (AvgIpc) is 2.73. The molecule has 1 heterocycles. The number of nitrogens with one attached hydrogen (secondary N) is 1. The van der Waals surface area contributed by atoms with Gasteiger partial charge in [-0.15, -0.1) is 11.3 Å². The molecule has 0 radical (unpaired) electrons. The van der Waals surface area contributed by atoms with Crippen LogP contribution in [0.5, 0.6) is 0 Å². The molecule has 0 aliphatic heterocycles. The van der Waals surface area contributed by atoms with Crippen molar-refractivity contribution in [3.05, 3.63) is 10.4 Å². The monoisotopic (exact) mass is 280 g/mol. The molecule has 1 rings (SSSR count). The van der Waals surface area contributed by atoms with Crippen LogP contribution in [0.4, 0.5) is 10.7 Å². The smallest absolute Gasteiger partial charge is 0.263 e. The minimum absolute atomic E-state index is 0.211. The van der Waals surface area contributed by atoms with Crippen LogP contribution in [-0.2, 0) is 0 Å². The van der Waals surface area contributed by atoms with Crippen molar-refractivity contribution in [2.45, 2.75) is 26.7 Å². The quantitative estimate of drug-likeness (QED) is 0.836. The van der Waals surface area contributed by atoms with Crippen LogP contribution in [0.15, 0.2) is 0 Å². The van der Waals surface area contributed by atoms with Crippen molar-refractivity contribution in [1.29, 1.82) is 5.26 Å². The normalized spacial score (nSPS) is 10.0. The Hall–Kier alpha value is -1.74. The molecule has 0 unspecified atom stereocenters. The zero-order valence-corrected chi connectivity index (χ0v) is 12.4. The van der Waals surface area contributed by atoms with Crippen molar-refractivity contribution in [3.8, 4) is 6.07 Å². The van der Waals surface area contributed by atoms with Crippen LogP contribution in [0.25, 0.3) is 0 Å². The summed E-state index contributed by atoms with van der Waals surface area (Å²) in [6, 6.07) is 2.10. The Morgan fingerprint density at radius 3 is 2.74 bits per heavy atom. The topological polar surface area (TPSA) is 82.2 Å². The molecule has 1 aromatic rings. The molecule has 0 saturated heterocycles. The number of unbranched alkanes of at least 4 members (excludes halogenated alkanes) is 1. The third-order valence-corrected chi connectivity index (χ3v) is 4.09. The van der Waals surface area contributed by atoms with Gasteiger partial charge in [-0.3, -0.25) is 4.79 Å². The summed E-state index contributed by atoms with van der Waals surface area (Å²) in [5.74, 6) is -0.211. The highest BCUT2D eigenvalue weighted by atomic mass is 32.1. The number of thiophene rings is 1. The number of hydrogen-bond donors (Lipinski definition) is 2. The molecule has 0 aliphatic rings. The fourth-order valence-electron chi connectivity index (χ4n) is 1.71. The van der Waals surface area contributed by atoms with Crippen molar-refractivity contribution in [1.82, 2.24) is 5.32 Å². The lowest BCUT2D eigenvalue weighted by Crippen LogP contribution is -2.22. The minimum Gasteiger partial charge on any atom is -0.396 e. The Morgan fingerprint density at radius 1 is 1.53 bits per heavy atom. The van der Waals surface area contributed by atoms with Crippen molar-refractivity contribution >= 4 is 27.9 Å². The lowest BCUT2D eigenvalue weighted by Gasteiger charge is -2.16. The second-order valence-corrected chi connectivity index (χ2v) is 5.27. The van der Waals surface area contributed by atoms with E-state index in [0.717, 1.165) is 24.4 Å². The van der Waals surface area contributed by atoms with Gasteiger partial charge in [0.05, 0.1) is 5.69 Å². The van der Waals surface area contributed by atoms with Crippen molar-refractivity contribution in [3.63, 3.8) is 0 Å². The summed E-state index contributed by atoms with van der Waals surface area (Å²) < 4.78 is 0. The average molecular weight is 280 g/mol. The Bertz CT molecular complexity index is 490. The maximum Gasteiger partial charge on any atom is 0.263 e. The summed E-state index contributed by atoms with van der Waals surface area (Å²) in [5.41, 5.74) is 6.61. The number of anilines is 2. The van der Waals surface area contributed by atoms with E-state index in [0.29, 0.717) is 17.0 Å². The van der Waals surface area contributed by atoms with E-state index in [9.17, 15) is 10.1 Å². The van der Waals surface area contributed by atoms with Crippen LogP contribution < -0.4 is 16.0 Å². The Labute approximate surface area is 118 Å². The van der Waals surface area contributed by atoms with Gasteiger partial charge in [-0.25, -0.2) is 0 Å². The maximum absolute atomic E-state index is 11.9. The summed E-state index contributed by atoms with van der Waals surface area (Å²) in [7, 11) is 1.92. The Morgan fingerprint density at radius 2 is 2.21 bits per heavy atom. The summed E-state index contributed by atoms with van der Waals surface area (Å²) in [5, 5.41) is 12.7. The molecule has 0 aliphatic carbocycles. The summed E-state index contributed by atoms with van der Waals surface area (Å²) >= 11 is 1.28. The van der Waals surface area contributed by atoms with Gasteiger partial charge in [-0.2, -0.15) is 5.26 Å². The van der Waals surface area contributed by atoms with Gasteiger partial charge in [-0.1, -0.05) is 13.3 Å². The van der Waals surface area contributed by atoms with Gasteiger partial charge in [0, 0.05) is 20.1 Å². The summed E-state index contributed by atoms with van der Waals surface area (Å²) in [6.45, 7) is 5.35. The van der Waals surface area contributed by atoms with E-state index in [4.69, 9.17) is 5.73 Å². The molecule has 0 aromatic carbocycles. The van der Waals surface area contributed by atoms with E-state index in [1.807, 2.05) is 18.9 Å². The second kappa shape index (κ2) is 7.00. The van der Waals surface area contributed by atoms with Crippen molar-refractivity contribution in [2.75, 3.05) is 30.8 Å². The fraction of sp³-hybridized carbons (Fsp3) is 0.538. The van der Waals surface area contributed by atoms with Gasteiger partial charge >= 0.3 is 0 Å². The highest BCUT2D eigenvalue weighted by Crippen LogP contribution is 2.37. The van der Waals surface area contributed by atoms with Crippen LogP contribution >= 0.6 is 11.3 Å². The molecule has 0 spiro atoms. The molecular formula is C13H20N4OS. The van der Waals surface area contributed by atoms with Gasteiger partial charge in [-0.05, 0) is 13.3 Å². The largest absolute Gasteiger partial charge is 0.396 e. The molecule has 0 bridgehead atoms. The van der Waals surface area contributed by atoms with E-state index < -0.39 is 0 Å². The van der Waals surface area contributed by atoms with Crippen LogP contribution in [0.2, 0.25) is 0 Å². The molecule has 3 N–H and O–H groups in total. The molecular weight excluding hydrogens is 260 g/mol. The number of amides is 1. The fourth-order valence-corrected chi connectivity index (χ4v) is 2.79. The number of carbonyl (C=O) groups excluding carboxylic acids is 1. The third kappa shape index (κ3) is 3.38. The zero-order chi connectivity index (χ0) is 14.4. The molecule has 0 fully saturated rings. The number of nitrogens with zero attached hydrogens (tertiary/aromatic N) is 2. The first-order chi connectivity index (χ1) is 9.06. The van der Waals surface area contributed by atoms with Crippen molar-refractivity contribution < 1.29 is 4.79 Å². The van der Waals surface area contributed by atoms with E-state index in [1.165, 1.54) is 11.3 Å². The first-order valence-corrected chi connectivity index (χ1v) is 7.20. The number of carbonyl (C=O) groups is 1. The number of nitrogen functional groups attached to an aromatic ring is 1. The van der Waals surface area contributed by atoms with E-state index >= 15 is 0 Å². The second-order valence-electron chi connectivity index (χ2n) is 4.27. The highest BCUT2D eigenvalue weighted by Gasteiger charge is 2.22. The number of rotatable bonds is 6. The van der Waals surface area contributed by atoms with Gasteiger partial charge in [0.1, 0.15) is 21.5 Å². The van der Waals surface area contributed by atoms with Crippen molar-refractivity contribution in [2.24, 2.45) is 0 Å². The Balaban J connectivity index is 3.09. The molecule has 0 atom stereocenters. The van der Waals surface area contributed by atoms with Crippen LogP contribution in [-0.4, -0.2) is 26.0 Å². The first-order valence-electron chi connectivity index (χ1n) is 6.38. The number of nitriles is 1. The van der Waals surface area contributed by atoms with Gasteiger partial charge in [0.2, 0.25) is 0 Å². The zero-order valence-electron chi connectivity index (χ0n) is 11.6. The van der Waals surface area contributed by atoms with E-state index in [2.05, 4.69) is 18.3 Å². The van der Waals surface area contributed by atoms with Gasteiger partial charge in [0.25, 0.3) is 5.91 Å².